The van der Waals surface area contributed by atoms with Crippen molar-refractivity contribution in [3.05, 3.63) is 418 Å². The second kappa shape index (κ2) is 154. The van der Waals surface area contributed by atoms with Crippen LogP contribution < -0.4 is 0 Å². The normalized spacial score (nSPS) is 8.83. The Morgan fingerprint density at radius 1 is 0.311 bits per heavy atom. The molecule has 0 fully saturated rings. The molecule has 0 amide bonds. The van der Waals surface area contributed by atoms with Crippen molar-refractivity contribution in [1.82, 2.24) is 0 Å². The number of rotatable bonds is 15. The molecule has 507 valence electrons. The van der Waals surface area contributed by atoms with E-state index in [2.05, 4.69) is 104 Å². The van der Waals surface area contributed by atoms with E-state index in [1.54, 1.807) is 49.4 Å². The molecule has 0 aliphatic rings. The molecule has 0 bridgehead atoms. The third-order valence-corrected chi connectivity index (χ3v) is 8.04. The molecule has 5 aromatic carbocycles. The van der Waals surface area contributed by atoms with Crippen LogP contribution in [0.1, 0.15) is 115 Å². The number of hydrogen-bond acceptors (Lipinski definition) is 0. The molecule has 0 aliphatic carbocycles. The van der Waals surface area contributed by atoms with Crippen LogP contribution in [0.2, 0.25) is 0 Å². The molecule has 103 heavy (non-hydrogen) atoms. The van der Waals surface area contributed by atoms with Crippen molar-refractivity contribution >= 4 is 30.4 Å². The van der Waals surface area contributed by atoms with Gasteiger partial charge in [-0.15, -0.1) is 60.1 Å². The second-order valence-corrected chi connectivity index (χ2v) is 14.6. The third-order valence-electron chi connectivity index (χ3n) is 8.04. The molecule has 0 saturated carbocycles. The third kappa shape index (κ3) is 137. The second-order valence-electron chi connectivity index (χ2n) is 14.6. The summed E-state index contributed by atoms with van der Waals surface area (Å²) >= 11 is 0. The summed E-state index contributed by atoms with van der Waals surface area (Å²) in [7, 11) is 0. The van der Waals surface area contributed by atoms with E-state index < -0.39 is 18.1 Å². The van der Waals surface area contributed by atoms with Gasteiger partial charge in [-0.25, -0.2) is 107 Å². The minimum atomic E-state index is -0.511. The molecular weight excluding hydrogens is 2630 g/mol. The predicted octanol–water partition coefficient (Wildman–Crippen LogP) is 22.1. The van der Waals surface area contributed by atoms with Crippen LogP contribution in [0.5, 0.6) is 0 Å². The van der Waals surface area contributed by atoms with Crippen molar-refractivity contribution < 1.29 is 602 Å². The van der Waals surface area contributed by atoms with Gasteiger partial charge in [0.2, 0.25) is 0 Å². The van der Waals surface area contributed by atoms with Crippen molar-refractivity contribution in [2.45, 2.75) is 58.9 Å². The zero-order valence-corrected chi connectivity index (χ0v) is 109. The molecular formula is C77H82N5V6Y15-17. The Balaban J connectivity index is -0.0000000234. The molecule has 0 heterocycles. The topological polar surface area (TPSA) is 119 Å². The van der Waals surface area contributed by atoms with E-state index in [4.69, 9.17) is 94.5 Å². The monoisotopic (exact) mass is 2720 g/mol. The summed E-state index contributed by atoms with van der Waals surface area (Å²) in [5.74, 6) is 0. The van der Waals surface area contributed by atoms with Gasteiger partial charge in [0.1, 0.15) is 0 Å². The molecule has 0 aliphatic heterocycles. The molecule has 0 spiro atoms. The Morgan fingerprint density at radius 2 is 0.505 bits per heavy atom. The average molecular weight is 2720 g/mol. The van der Waals surface area contributed by atoms with E-state index in [0.29, 0.717) is 11.1 Å². The molecule has 5 atom stereocenters. The van der Waals surface area contributed by atoms with Crippen LogP contribution in [-0.2, 0) is 602 Å². The minimum absolute atomic E-state index is 0. The van der Waals surface area contributed by atoms with Gasteiger partial charge in [0, 0.05) is 453 Å². The SMILES string of the molecule is C.C.[CH-]=CC=[CH-].[CH-]=CC=[CH-].[CH-]=CC=[CH-].[CH-]=CC=[CH-].[CH-]=CC=[CH-].[CH2-]C=Cc1[c-]c(C(C)[NH-])[c-]cc1.[CH2-]C=Cc1[c-]c(C(C)[NH-])ccc1.[CH2-]C=Cc1[c-]c(C([CH2-])[NH-])[c-]cc1.[CH2-]C=Cc1[c-]c(C([CH2-])[NH-])[c-]cc1.[CH2-]C=Cc1[c-]c(C([CH2-])[NH-])ccc1.[V+2].[V].[V].[V].[V].[V].[Y+3].[Y+3].[Y+3].[Y+3].[Y].[Y].[Y].[Y].[Y].[Y].[Y].[Y].[Y].[Y].[Y]. The molecule has 5 nitrogen and oxygen atoms in total. The maximum absolute atomic E-state index is 7.48. The van der Waals surface area contributed by atoms with Crippen LogP contribution in [0, 0.1) is 170 Å². The molecule has 17 radical (unpaired) electrons. The van der Waals surface area contributed by atoms with Gasteiger partial charge in [-0.05, 0) is 0 Å². The van der Waals surface area contributed by atoms with E-state index in [9.17, 15) is 0 Å². The quantitative estimate of drug-likeness (QED) is 0.0733. The van der Waals surface area contributed by atoms with Crippen LogP contribution in [0.3, 0.4) is 0 Å². The Hall–Kier alpha value is 11.4. The largest absolute Gasteiger partial charge is 3.00 e. The van der Waals surface area contributed by atoms with Crippen molar-refractivity contribution in [2.24, 2.45) is 0 Å². The summed E-state index contributed by atoms with van der Waals surface area (Å²) in [4.78, 5) is 0. The van der Waals surface area contributed by atoms with Gasteiger partial charge in [-0.1, -0.05) is 28.7 Å². The van der Waals surface area contributed by atoms with Crippen molar-refractivity contribution in [2.75, 3.05) is 0 Å². The summed E-state index contributed by atoms with van der Waals surface area (Å²) < 4.78 is 0. The fourth-order valence-corrected chi connectivity index (χ4v) is 4.56. The first-order valence-electron chi connectivity index (χ1n) is 23.9. The minimum Gasteiger partial charge on any atom is -0.700 e. The van der Waals surface area contributed by atoms with Crippen LogP contribution in [0.15, 0.2) is 164 Å². The summed E-state index contributed by atoms with van der Waals surface area (Å²) in [6, 6.07) is 44.6. The van der Waals surface area contributed by atoms with Crippen molar-refractivity contribution in [1.29, 1.82) is 0 Å². The molecule has 0 saturated heterocycles. The maximum atomic E-state index is 7.48. The molecule has 5 unspecified atom stereocenters. The van der Waals surface area contributed by atoms with Crippen molar-refractivity contribution in [3.63, 3.8) is 0 Å². The van der Waals surface area contributed by atoms with Gasteiger partial charge in [-0.2, -0.15) is 47.0 Å². The van der Waals surface area contributed by atoms with Crippen LogP contribution in [-0.4, -0.2) is 0 Å². The summed E-state index contributed by atoms with van der Waals surface area (Å²) in [6.45, 7) is 79.6. The summed E-state index contributed by atoms with van der Waals surface area (Å²) in [5, 5.41) is 0. The van der Waals surface area contributed by atoms with Crippen LogP contribution in [0.4, 0.5) is 0 Å². The zero-order valence-electron chi connectivity index (χ0n) is 57.6. The smallest absolute Gasteiger partial charge is 0.700 e. The first-order valence-corrected chi connectivity index (χ1v) is 23.9. The Bertz CT molecular complexity index is 2220. The fraction of sp³-hybridized carbons (Fsp3) is 0.117. The fourth-order valence-electron chi connectivity index (χ4n) is 4.56. The Morgan fingerprint density at radius 3 is 0.689 bits per heavy atom. The number of benzene rings is 5. The average Bonchev–Trinajstić information content (AvgIpc) is 3.47. The van der Waals surface area contributed by atoms with Gasteiger partial charge >= 0.3 is 149 Å². The summed E-state index contributed by atoms with van der Waals surface area (Å²) in [6.07, 6.45) is 30.6. The summed E-state index contributed by atoms with van der Waals surface area (Å²) in [5.41, 5.74) is 45.6. The number of hydrogen-bond donors (Lipinski definition) is 0. The van der Waals surface area contributed by atoms with Gasteiger partial charge in [0.15, 0.2) is 0 Å². The number of allylic oxidation sites excluding steroid dienone is 15. The van der Waals surface area contributed by atoms with Crippen molar-refractivity contribution in [3.8, 4) is 0 Å². The molecule has 5 aromatic rings. The number of nitrogens with one attached hydrogen (secondary N) is 5. The standard InChI is InChI=1S/C11H12N.2C11H11N.2C11H10N.5C4H4.2CH4.6V.15Y/c5*1-3-5-10-6-4-7-11(8-10)9(2)12;5*1-3-4-2;;;;;;;;;;;;;;;;;;;;;;;/h3-7,9,12H,1H2,2H3;3-6,9,12H,1H2,2H3;3-7,9,12H,1-2H2;2*3-6,9,12H,1-2H2;5*1-4H;2*1H4;;;;;;;;;;;;;;;;;;;;;/q-3;2*-4;2*-5;5*-2;;;;;;;;+2;;;;;;;;;;;;4*+3. The van der Waals surface area contributed by atoms with Gasteiger partial charge in [-0.3, -0.25) is 87.9 Å². The molecule has 5 rings (SSSR count). The predicted molar refractivity (Wildman–Crippen MR) is 360 cm³/mol. The molecule has 0 aromatic heterocycles. The Kier molecular flexibility index (Phi) is 295. The maximum Gasteiger partial charge on any atom is 3.00 e. The van der Waals surface area contributed by atoms with Gasteiger partial charge in [0.05, 0.1) is 0 Å². The van der Waals surface area contributed by atoms with Crippen LogP contribution in [0.25, 0.3) is 59.0 Å². The van der Waals surface area contributed by atoms with Crippen LogP contribution >= 0.6 is 0 Å². The van der Waals surface area contributed by atoms with Gasteiger partial charge in [0.25, 0.3) is 0 Å². The zero-order chi connectivity index (χ0) is 61.9. The first kappa shape index (κ1) is 197. The van der Waals surface area contributed by atoms with E-state index >= 15 is 0 Å². The van der Waals surface area contributed by atoms with E-state index in [1.165, 1.54) is 60.8 Å². The molecule has 5 N–H and O–H groups in total. The Labute approximate surface area is 1080 Å². The van der Waals surface area contributed by atoms with E-state index in [-0.39, 0.29) is 629 Å². The van der Waals surface area contributed by atoms with E-state index in [0.717, 1.165) is 44.5 Å². The van der Waals surface area contributed by atoms with E-state index in [1.807, 2.05) is 98.0 Å². The first-order chi connectivity index (χ1) is 38.3. The van der Waals surface area contributed by atoms with Gasteiger partial charge < -0.3 is 176 Å². The molecule has 26 heteroatoms.